The first kappa shape index (κ1) is 23.2. The van der Waals surface area contributed by atoms with E-state index in [0.717, 1.165) is 12.8 Å². The summed E-state index contributed by atoms with van der Waals surface area (Å²) in [6, 6.07) is 5.32. The predicted octanol–water partition coefficient (Wildman–Crippen LogP) is 4.27. The Morgan fingerprint density at radius 2 is 2.03 bits per heavy atom. The van der Waals surface area contributed by atoms with Gasteiger partial charge in [-0.15, -0.1) is 0 Å². The van der Waals surface area contributed by atoms with E-state index >= 15 is 0 Å². The molecule has 2 saturated heterocycles. The zero-order valence-electron chi connectivity index (χ0n) is 18.5. The third-order valence-electron chi connectivity index (χ3n) is 6.63. The molecule has 32 heavy (non-hydrogen) atoms. The summed E-state index contributed by atoms with van der Waals surface area (Å²) < 4.78 is 11.1. The van der Waals surface area contributed by atoms with Crippen LogP contribution in [0, 0.1) is 12.3 Å². The van der Waals surface area contributed by atoms with Crippen molar-refractivity contribution in [2.75, 3.05) is 31.2 Å². The molecule has 1 spiro atoms. The number of hydrogen-bond acceptors (Lipinski definition) is 7. The van der Waals surface area contributed by atoms with Crippen LogP contribution in [-0.2, 0) is 9.47 Å². The van der Waals surface area contributed by atoms with E-state index in [0.29, 0.717) is 52.5 Å². The predicted molar refractivity (Wildman–Crippen MR) is 125 cm³/mol. The standard InChI is InChI=1S/C23H28Cl2N4O3/c1-4-31-22(30)19-21(29-10-8-23(9-11-29)12-32-14(3)20(23)26)27-13(2)18(28-19)15-6-5-7-16(24)17(15)25/h5-7,14,20H,4,8-12,26H2,1-3H3/t14-,20+/m0/s1. The first-order chi connectivity index (χ1) is 15.3. The highest BCUT2D eigenvalue weighted by molar-refractivity contribution is 6.43. The minimum atomic E-state index is -0.510. The summed E-state index contributed by atoms with van der Waals surface area (Å²) in [4.78, 5) is 24.4. The van der Waals surface area contributed by atoms with Crippen LogP contribution in [0.15, 0.2) is 18.2 Å². The van der Waals surface area contributed by atoms with Gasteiger partial charge in [0.2, 0.25) is 0 Å². The number of esters is 1. The molecule has 1 aromatic heterocycles. The van der Waals surface area contributed by atoms with Gasteiger partial charge in [0.1, 0.15) is 0 Å². The number of nitrogens with two attached hydrogens (primary N) is 1. The van der Waals surface area contributed by atoms with Gasteiger partial charge in [-0.3, -0.25) is 0 Å². The number of rotatable bonds is 4. The molecule has 2 aliphatic heterocycles. The minimum Gasteiger partial charge on any atom is -0.461 e. The maximum atomic E-state index is 12.8. The average Bonchev–Trinajstić information content (AvgIpc) is 3.05. The van der Waals surface area contributed by atoms with E-state index in [9.17, 15) is 4.79 Å². The van der Waals surface area contributed by atoms with Gasteiger partial charge in [-0.05, 0) is 39.7 Å². The first-order valence-corrected chi connectivity index (χ1v) is 11.7. The van der Waals surface area contributed by atoms with Crippen molar-refractivity contribution < 1.29 is 14.3 Å². The molecule has 2 N–H and O–H groups in total. The van der Waals surface area contributed by atoms with E-state index in [2.05, 4.69) is 9.88 Å². The number of anilines is 1. The largest absolute Gasteiger partial charge is 0.461 e. The lowest BCUT2D eigenvalue weighted by Gasteiger charge is -2.41. The van der Waals surface area contributed by atoms with E-state index in [1.165, 1.54) is 0 Å². The molecule has 0 aliphatic carbocycles. The molecule has 2 aromatic rings. The Labute approximate surface area is 198 Å². The second-order valence-corrected chi connectivity index (χ2v) is 9.33. The highest BCUT2D eigenvalue weighted by Crippen LogP contribution is 2.42. The summed E-state index contributed by atoms with van der Waals surface area (Å²) in [5, 5.41) is 0.788. The second-order valence-electron chi connectivity index (χ2n) is 8.54. The van der Waals surface area contributed by atoms with Crippen molar-refractivity contribution in [1.82, 2.24) is 9.97 Å². The van der Waals surface area contributed by atoms with Crippen LogP contribution in [0.25, 0.3) is 11.3 Å². The van der Waals surface area contributed by atoms with Gasteiger partial charge < -0.3 is 20.1 Å². The maximum Gasteiger partial charge on any atom is 0.360 e. The molecule has 1 aromatic carbocycles. The van der Waals surface area contributed by atoms with Crippen LogP contribution in [0.5, 0.6) is 0 Å². The lowest BCUT2D eigenvalue weighted by Crippen LogP contribution is -2.51. The third kappa shape index (κ3) is 4.07. The quantitative estimate of drug-likeness (QED) is 0.655. The highest BCUT2D eigenvalue weighted by atomic mass is 35.5. The number of benzene rings is 1. The fourth-order valence-electron chi connectivity index (χ4n) is 4.64. The first-order valence-electron chi connectivity index (χ1n) is 10.9. The van der Waals surface area contributed by atoms with Crippen molar-refractivity contribution in [1.29, 1.82) is 0 Å². The SMILES string of the molecule is CCOC(=O)c1nc(-c2cccc(Cl)c2Cl)c(C)nc1N1CCC2(CC1)CO[C@@H](C)[C@H]2N. The Morgan fingerprint density at radius 3 is 2.66 bits per heavy atom. The molecule has 9 heteroatoms. The summed E-state index contributed by atoms with van der Waals surface area (Å²) in [5.41, 5.74) is 8.40. The fraction of sp³-hybridized carbons (Fsp3) is 0.522. The van der Waals surface area contributed by atoms with Gasteiger partial charge in [0.15, 0.2) is 11.5 Å². The van der Waals surface area contributed by atoms with Crippen molar-refractivity contribution in [2.24, 2.45) is 11.1 Å². The number of hydrogen-bond donors (Lipinski definition) is 1. The monoisotopic (exact) mass is 478 g/mol. The van der Waals surface area contributed by atoms with Crippen LogP contribution in [0.2, 0.25) is 10.0 Å². The zero-order valence-corrected chi connectivity index (χ0v) is 20.0. The van der Waals surface area contributed by atoms with Crippen LogP contribution >= 0.6 is 23.2 Å². The van der Waals surface area contributed by atoms with Gasteiger partial charge in [-0.1, -0.05) is 35.3 Å². The van der Waals surface area contributed by atoms with Crippen molar-refractivity contribution in [3.8, 4) is 11.3 Å². The maximum absolute atomic E-state index is 12.8. The number of carbonyl (C=O) groups excluding carboxylic acids is 1. The molecule has 2 aliphatic rings. The molecule has 3 heterocycles. The van der Waals surface area contributed by atoms with Gasteiger partial charge >= 0.3 is 5.97 Å². The average molecular weight is 479 g/mol. The van der Waals surface area contributed by atoms with Gasteiger partial charge in [0, 0.05) is 30.1 Å². The molecule has 2 atom stereocenters. The smallest absolute Gasteiger partial charge is 0.360 e. The lowest BCUT2D eigenvalue weighted by atomic mass is 9.73. The van der Waals surface area contributed by atoms with Crippen LogP contribution < -0.4 is 10.6 Å². The van der Waals surface area contributed by atoms with E-state index < -0.39 is 5.97 Å². The molecule has 0 bridgehead atoms. The molecule has 7 nitrogen and oxygen atoms in total. The lowest BCUT2D eigenvalue weighted by molar-refractivity contribution is 0.0519. The molecule has 4 rings (SSSR count). The fourth-order valence-corrected chi connectivity index (χ4v) is 5.03. The molecule has 172 valence electrons. The number of piperidine rings is 1. The minimum absolute atomic E-state index is 0.00865. The Kier molecular flexibility index (Phi) is 6.63. The highest BCUT2D eigenvalue weighted by Gasteiger charge is 2.48. The Morgan fingerprint density at radius 1 is 1.31 bits per heavy atom. The van der Waals surface area contributed by atoms with Gasteiger partial charge in [0.05, 0.1) is 40.8 Å². The number of nitrogens with zero attached hydrogens (tertiary/aromatic N) is 3. The number of aromatic nitrogens is 2. The molecule has 0 saturated carbocycles. The van der Waals surface area contributed by atoms with Gasteiger partial charge in [-0.2, -0.15) is 0 Å². The zero-order chi connectivity index (χ0) is 23.0. The van der Waals surface area contributed by atoms with Gasteiger partial charge in [-0.25, -0.2) is 14.8 Å². The summed E-state index contributed by atoms with van der Waals surface area (Å²) in [6.07, 6.45) is 1.78. The number of carbonyl (C=O) groups is 1. The normalized spacial score (nSPS) is 22.4. The molecule has 0 unspecified atom stereocenters. The van der Waals surface area contributed by atoms with E-state index in [-0.39, 0.29) is 29.9 Å². The molecule has 0 amide bonds. The third-order valence-corrected chi connectivity index (χ3v) is 7.45. The topological polar surface area (TPSA) is 90.6 Å². The van der Waals surface area contributed by atoms with Crippen LogP contribution in [0.1, 0.15) is 42.9 Å². The molecule has 0 radical (unpaired) electrons. The van der Waals surface area contributed by atoms with Crippen LogP contribution in [0.4, 0.5) is 5.82 Å². The number of ether oxygens (including phenoxy) is 2. The van der Waals surface area contributed by atoms with Crippen molar-refractivity contribution in [3.63, 3.8) is 0 Å². The van der Waals surface area contributed by atoms with E-state index in [4.69, 9.17) is 43.4 Å². The van der Waals surface area contributed by atoms with Crippen LogP contribution in [0.3, 0.4) is 0 Å². The molecule has 2 fully saturated rings. The van der Waals surface area contributed by atoms with Crippen molar-refractivity contribution >= 4 is 35.0 Å². The molecular formula is C23H28Cl2N4O3. The Hall–Kier alpha value is -1.93. The van der Waals surface area contributed by atoms with Crippen LogP contribution in [-0.4, -0.2) is 54.4 Å². The van der Waals surface area contributed by atoms with E-state index in [1.807, 2.05) is 19.9 Å². The van der Waals surface area contributed by atoms with E-state index in [1.54, 1.807) is 19.1 Å². The van der Waals surface area contributed by atoms with Crippen molar-refractivity contribution in [2.45, 2.75) is 45.8 Å². The second kappa shape index (κ2) is 9.14. The number of halogens is 2. The summed E-state index contributed by atoms with van der Waals surface area (Å²) in [7, 11) is 0. The summed E-state index contributed by atoms with van der Waals surface area (Å²) in [6.45, 7) is 7.98. The summed E-state index contributed by atoms with van der Waals surface area (Å²) >= 11 is 12.6. The van der Waals surface area contributed by atoms with Crippen molar-refractivity contribution in [3.05, 3.63) is 39.6 Å². The Balaban J connectivity index is 1.70. The Bertz CT molecular complexity index is 1020. The summed E-state index contributed by atoms with van der Waals surface area (Å²) in [5.74, 6) is 0.0162. The number of aryl methyl sites for hydroxylation is 1. The van der Waals surface area contributed by atoms with Gasteiger partial charge in [0.25, 0.3) is 0 Å². The molecular weight excluding hydrogens is 451 g/mol.